The molecule has 0 radical (unpaired) electrons. The van der Waals surface area contributed by atoms with Crippen molar-refractivity contribution in [2.75, 3.05) is 35.3 Å². The third kappa shape index (κ3) is 5.16. The van der Waals surface area contributed by atoms with Gasteiger partial charge in [0.1, 0.15) is 17.1 Å². The van der Waals surface area contributed by atoms with Crippen LogP contribution in [0.5, 0.6) is 5.75 Å². The van der Waals surface area contributed by atoms with Gasteiger partial charge in [0.05, 0.1) is 11.8 Å². The molecule has 2 heterocycles. The average Bonchev–Trinajstić information content (AvgIpc) is 3.11. The maximum absolute atomic E-state index is 14.4. The van der Waals surface area contributed by atoms with Crippen molar-refractivity contribution in [3.8, 4) is 5.75 Å². The smallest absolute Gasteiger partial charge is 0.336 e. The maximum atomic E-state index is 14.4. The van der Waals surface area contributed by atoms with Crippen molar-refractivity contribution in [2.45, 2.75) is 57.8 Å². The predicted octanol–water partition coefficient (Wildman–Crippen LogP) is 6.08. The molecule has 210 valence electrons. The fourth-order valence-electron chi connectivity index (χ4n) is 5.91. The molecule has 2 aliphatic heterocycles. The van der Waals surface area contributed by atoms with E-state index in [1.54, 1.807) is 18.2 Å². The first-order valence-corrected chi connectivity index (χ1v) is 13.8. The van der Waals surface area contributed by atoms with Gasteiger partial charge in [0.15, 0.2) is 0 Å². The number of rotatable bonds is 7. The Morgan fingerprint density at radius 1 is 1.00 bits per heavy atom. The minimum absolute atomic E-state index is 0.00991. The van der Waals surface area contributed by atoms with E-state index in [-0.39, 0.29) is 18.1 Å². The Morgan fingerprint density at radius 2 is 1.73 bits per heavy atom. The van der Waals surface area contributed by atoms with Crippen LogP contribution >= 0.6 is 0 Å². The molecule has 3 aromatic rings. The topological polar surface area (TPSA) is 56.3 Å². The zero-order chi connectivity index (χ0) is 28.6. The highest BCUT2D eigenvalue weighted by Crippen LogP contribution is 2.44. The maximum Gasteiger partial charge on any atom is 0.336 e. The summed E-state index contributed by atoms with van der Waals surface area (Å²) in [6.45, 7) is 7.40. The van der Waals surface area contributed by atoms with Gasteiger partial charge >= 0.3 is 6.03 Å². The Bertz CT molecular complexity index is 1410. The van der Waals surface area contributed by atoms with Crippen molar-refractivity contribution >= 4 is 29.0 Å². The molecule has 3 amide bonds. The zero-order valence-corrected chi connectivity index (χ0v) is 23.8. The highest BCUT2D eigenvalue weighted by atomic mass is 19.1. The second-order valence-electron chi connectivity index (χ2n) is 11.3. The minimum atomic E-state index is -1.11. The molecule has 5 rings (SSSR count). The van der Waals surface area contributed by atoms with Gasteiger partial charge in [-0.3, -0.25) is 14.6 Å². The van der Waals surface area contributed by atoms with Gasteiger partial charge in [-0.15, -0.1) is 0 Å². The fraction of sp³-hybridized carbons (Fsp3) is 0.375. The van der Waals surface area contributed by atoms with E-state index in [9.17, 15) is 14.0 Å². The minimum Gasteiger partial charge on any atom is -0.491 e. The van der Waals surface area contributed by atoms with Crippen molar-refractivity contribution in [3.05, 3.63) is 84.2 Å². The van der Waals surface area contributed by atoms with Crippen molar-refractivity contribution in [3.63, 3.8) is 0 Å². The Balaban J connectivity index is 1.47. The lowest BCUT2D eigenvalue weighted by atomic mass is 9.81. The standard InChI is InChI=1S/C32H37FN4O3/c1-22(2)40-29-14-6-9-24(17-29)21-35-16-15-32(20-23(35)3)30(38)36(27-12-8-11-26(19-27)34(4)5)31(39)37(32)28-13-7-10-25(33)18-28/h6-14,17-19,22-23H,15-16,20-21H2,1-5H3/t23-,32+/m0/s1. The summed E-state index contributed by atoms with van der Waals surface area (Å²) in [4.78, 5) is 35.4. The molecule has 0 saturated carbocycles. The van der Waals surface area contributed by atoms with Crippen LogP contribution in [0.15, 0.2) is 72.8 Å². The van der Waals surface area contributed by atoms with Crippen LogP contribution in [-0.2, 0) is 11.3 Å². The number of carbonyl (C=O) groups excluding carboxylic acids is 2. The molecule has 7 nitrogen and oxygen atoms in total. The summed E-state index contributed by atoms with van der Waals surface area (Å²) in [7, 11) is 3.82. The van der Waals surface area contributed by atoms with Gasteiger partial charge in [0.2, 0.25) is 0 Å². The molecule has 0 aliphatic carbocycles. The molecule has 2 fully saturated rings. The van der Waals surface area contributed by atoms with E-state index < -0.39 is 17.4 Å². The number of ether oxygens (including phenoxy) is 1. The molecule has 2 atom stereocenters. The molecule has 40 heavy (non-hydrogen) atoms. The highest BCUT2D eigenvalue weighted by Gasteiger charge is 2.60. The second-order valence-corrected chi connectivity index (χ2v) is 11.3. The molecule has 0 aromatic heterocycles. The van der Waals surface area contributed by atoms with E-state index in [0.717, 1.165) is 17.0 Å². The molecule has 0 unspecified atom stereocenters. The van der Waals surface area contributed by atoms with Gasteiger partial charge in [-0.2, -0.15) is 0 Å². The quantitative estimate of drug-likeness (QED) is 0.338. The number of piperidine rings is 1. The molecule has 0 N–H and O–H groups in total. The third-order valence-corrected chi connectivity index (χ3v) is 7.81. The van der Waals surface area contributed by atoms with Crippen molar-refractivity contribution in [1.82, 2.24) is 4.90 Å². The van der Waals surface area contributed by atoms with Gasteiger partial charge in [0, 0.05) is 44.6 Å². The summed E-state index contributed by atoms with van der Waals surface area (Å²) in [5, 5.41) is 0. The number of imide groups is 1. The number of carbonyl (C=O) groups is 2. The first-order chi connectivity index (χ1) is 19.1. The molecule has 8 heteroatoms. The third-order valence-electron chi connectivity index (χ3n) is 7.81. The van der Waals surface area contributed by atoms with Crippen LogP contribution in [-0.4, -0.2) is 55.2 Å². The van der Waals surface area contributed by atoms with Crippen LogP contribution in [0.25, 0.3) is 0 Å². The first kappa shape index (κ1) is 27.6. The summed E-state index contributed by atoms with van der Waals surface area (Å²) in [6.07, 6.45) is 0.954. The summed E-state index contributed by atoms with van der Waals surface area (Å²) in [5.41, 5.74) is 1.79. The first-order valence-electron chi connectivity index (χ1n) is 13.8. The van der Waals surface area contributed by atoms with E-state index >= 15 is 0 Å². The number of likely N-dealkylation sites (tertiary alicyclic amines) is 1. The summed E-state index contributed by atoms with van der Waals surface area (Å²) in [5.74, 6) is 0.115. The Hall–Kier alpha value is -3.91. The van der Waals surface area contributed by atoms with Gasteiger partial charge in [-0.1, -0.05) is 24.3 Å². The molecule has 1 spiro atoms. The van der Waals surface area contributed by atoms with E-state index in [1.807, 2.05) is 63.2 Å². The Morgan fingerprint density at radius 3 is 2.42 bits per heavy atom. The Kier molecular flexibility index (Phi) is 7.55. The highest BCUT2D eigenvalue weighted by molar-refractivity contribution is 6.30. The molecular weight excluding hydrogens is 507 g/mol. The van der Waals surface area contributed by atoms with Crippen LogP contribution < -0.4 is 19.4 Å². The van der Waals surface area contributed by atoms with Crippen LogP contribution in [0.1, 0.15) is 39.2 Å². The molecule has 0 bridgehead atoms. The van der Waals surface area contributed by atoms with E-state index in [2.05, 4.69) is 24.0 Å². The lowest BCUT2D eigenvalue weighted by Crippen LogP contribution is -2.59. The molecule has 2 aliphatic rings. The molecule has 3 aromatic carbocycles. The van der Waals surface area contributed by atoms with Crippen LogP contribution in [0, 0.1) is 5.82 Å². The number of benzene rings is 3. The normalized spacial score (nSPS) is 21.5. The largest absolute Gasteiger partial charge is 0.491 e. The number of hydrogen-bond donors (Lipinski definition) is 0. The number of amides is 3. The van der Waals surface area contributed by atoms with Gasteiger partial charge in [-0.25, -0.2) is 14.1 Å². The zero-order valence-electron chi connectivity index (χ0n) is 23.8. The van der Waals surface area contributed by atoms with Gasteiger partial charge in [-0.05, 0) is 87.7 Å². The van der Waals surface area contributed by atoms with Gasteiger partial charge < -0.3 is 9.64 Å². The van der Waals surface area contributed by atoms with E-state index in [1.165, 1.54) is 21.9 Å². The number of urea groups is 1. The SMILES string of the molecule is CC(C)Oc1cccc(CN2CC[C@@]3(C[C@@H]2C)C(=O)N(c2cccc(N(C)C)c2)C(=O)N3c2cccc(F)c2)c1. The summed E-state index contributed by atoms with van der Waals surface area (Å²) < 4.78 is 20.3. The van der Waals surface area contributed by atoms with Crippen LogP contribution in [0.2, 0.25) is 0 Å². The van der Waals surface area contributed by atoms with Crippen molar-refractivity contribution in [1.29, 1.82) is 0 Å². The Labute approximate surface area is 235 Å². The van der Waals surface area contributed by atoms with Crippen molar-refractivity contribution in [2.24, 2.45) is 0 Å². The summed E-state index contributed by atoms with van der Waals surface area (Å²) in [6, 6.07) is 21.0. The summed E-state index contributed by atoms with van der Waals surface area (Å²) >= 11 is 0. The lowest BCUT2D eigenvalue weighted by molar-refractivity contribution is -0.123. The van der Waals surface area contributed by atoms with E-state index in [4.69, 9.17) is 4.74 Å². The van der Waals surface area contributed by atoms with Gasteiger partial charge in [0.25, 0.3) is 5.91 Å². The predicted molar refractivity (Wildman–Crippen MR) is 157 cm³/mol. The van der Waals surface area contributed by atoms with Crippen LogP contribution in [0.4, 0.5) is 26.2 Å². The second kappa shape index (κ2) is 10.9. The molecule has 2 saturated heterocycles. The number of halogens is 1. The monoisotopic (exact) mass is 544 g/mol. The number of anilines is 3. The van der Waals surface area contributed by atoms with Crippen molar-refractivity contribution < 1.29 is 18.7 Å². The number of nitrogens with zero attached hydrogens (tertiary/aromatic N) is 4. The molecular formula is C32H37FN4O3. The average molecular weight is 545 g/mol. The fourth-order valence-corrected chi connectivity index (χ4v) is 5.91. The van der Waals surface area contributed by atoms with Crippen LogP contribution in [0.3, 0.4) is 0 Å². The van der Waals surface area contributed by atoms with E-state index in [0.29, 0.717) is 37.3 Å². The lowest BCUT2D eigenvalue weighted by Gasteiger charge is -2.45. The number of hydrogen-bond acceptors (Lipinski definition) is 5.